The van der Waals surface area contributed by atoms with Gasteiger partial charge in [0.25, 0.3) is 0 Å². The van der Waals surface area contributed by atoms with Crippen molar-refractivity contribution >= 4 is 0 Å². The average molecular weight is 224 g/mol. The fourth-order valence-corrected chi connectivity index (χ4v) is 3.08. The van der Waals surface area contributed by atoms with Crippen LogP contribution >= 0.6 is 0 Å². The Hall–Kier alpha value is -0.0800. The molecule has 0 aliphatic carbocycles. The molecule has 16 heavy (non-hydrogen) atoms. The van der Waals surface area contributed by atoms with Crippen molar-refractivity contribution in [3.8, 4) is 0 Å². The van der Waals surface area contributed by atoms with Crippen molar-refractivity contribution in [2.24, 2.45) is 5.41 Å². The van der Waals surface area contributed by atoms with Crippen LogP contribution in [0, 0.1) is 5.41 Å². The summed E-state index contributed by atoms with van der Waals surface area (Å²) in [5, 5.41) is 0. The molecule has 0 aromatic heterocycles. The first-order valence-electron chi connectivity index (χ1n) is 6.96. The third kappa shape index (κ3) is 2.60. The number of piperazine rings is 1. The van der Waals surface area contributed by atoms with Gasteiger partial charge in [0.15, 0.2) is 0 Å². The van der Waals surface area contributed by atoms with Gasteiger partial charge in [0.2, 0.25) is 0 Å². The molecule has 0 N–H and O–H groups in total. The van der Waals surface area contributed by atoms with Gasteiger partial charge in [-0.2, -0.15) is 0 Å². The highest BCUT2D eigenvalue weighted by Crippen LogP contribution is 2.28. The smallest absolute Gasteiger partial charge is 0.0223 e. The largest absolute Gasteiger partial charge is 0.298 e. The molecule has 0 saturated carbocycles. The van der Waals surface area contributed by atoms with Gasteiger partial charge in [-0.05, 0) is 31.7 Å². The predicted octanol–water partition coefficient (Wildman–Crippen LogP) is 2.59. The van der Waals surface area contributed by atoms with E-state index in [1.807, 2.05) is 0 Å². The quantitative estimate of drug-likeness (QED) is 0.675. The molecule has 2 heteroatoms. The standard InChI is InChI=1S/C14H28N2/c1-12(14(2,3)4)16-10-9-15-8-6-5-7-13(15)11-16/h12-13H,5-11H2,1-4H3. The molecule has 0 bridgehead atoms. The average Bonchev–Trinajstić information content (AvgIpc) is 2.26. The molecular weight excluding hydrogens is 196 g/mol. The zero-order valence-corrected chi connectivity index (χ0v) is 11.5. The maximum Gasteiger partial charge on any atom is 0.0223 e. The molecule has 2 aliphatic rings. The highest BCUT2D eigenvalue weighted by atomic mass is 15.3. The normalized spacial score (nSPS) is 31.1. The summed E-state index contributed by atoms with van der Waals surface area (Å²) >= 11 is 0. The van der Waals surface area contributed by atoms with Crippen LogP contribution in [0.3, 0.4) is 0 Å². The van der Waals surface area contributed by atoms with E-state index in [2.05, 4.69) is 37.5 Å². The van der Waals surface area contributed by atoms with Crippen LogP contribution in [0.15, 0.2) is 0 Å². The minimum Gasteiger partial charge on any atom is -0.298 e. The molecule has 0 aromatic rings. The van der Waals surface area contributed by atoms with E-state index >= 15 is 0 Å². The summed E-state index contributed by atoms with van der Waals surface area (Å²) < 4.78 is 0. The van der Waals surface area contributed by atoms with Crippen molar-refractivity contribution in [3.05, 3.63) is 0 Å². The van der Waals surface area contributed by atoms with Crippen LogP contribution in [-0.2, 0) is 0 Å². The van der Waals surface area contributed by atoms with Gasteiger partial charge >= 0.3 is 0 Å². The minimum atomic E-state index is 0.414. The fourth-order valence-electron chi connectivity index (χ4n) is 3.08. The predicted molar refractivity (Wildman–Crippen MR) is 69.7 cm³/mol. The Morgan fingerprint density at radius 2 is 1.81 bits per heavy atom. The lowest BCUT2D eigenvalue weighted by Crippen LogP contribution is -2.58. The van der Waals surface area contributed by atoms with Crippen LogP contribution in [-0.4, -0.2) is 48.1 Å². The van der Waals surface area contributed by atoms with E-state index < -0.39 is 0 Å². The third-order valence-electron chi connectivity index (χ3n) is 4.67. The second kappa shape index (κ2) is 4.66. The number of hydrogen-bond donors (Lipinski definition) is 0. The Kier molecular flexibility index (Phi) is 3.60. The Balaban J connectivity index is 1.94. The molecule has 0 spiro atoms. The number of rotatable bonds is 1. The SMILES string of the molecule is CC(N1CCN2CCCCC2C1)C(C)(C)C. The summed E-state index contributed by atoms with van der Waals surface area (Å²) in [7, 11) is 0. The molecular formula is C14H28N2. The van der Waals surface area contributed by atoms with Crippen LogP contribution in [0.1, 0.15) is 47.0 Å². The molecule has 2 rings (SSSR count). The summed E-state index contributed by atoms with van der Waals surface area (Å²) in [4.78, 5) is 5.43. The number of piperidine rings is 1. The molecule has 2 heterocycles. The molecule has 2 atom stereocenters. The lowest BCUT2D eigenvalue weighted by Gasteiger charge is -2.48. The van der Waals surface area contributed by atoms with E-state index in [0.717, 1.165) is 6.04 Å². The molecule has 2 fully saturated rings. The van der Waals surface area contributed by atoms with E-state index in [0.29, 0.717) is 11.5 Å². The van der Waals surface area contributed by atoms with Crippen molar-refractivity contribution in [3.63, 3.8) is 0 Å². The summed E-state index contributed by atoms with van der Waals surface area (Å²) in [6.07, 6.45) is 4.29. The van der Waals surface area contributed by atoms with Gasteiger partial charge in [0.1, 0.15) is 0 Å². The van der Waals surface area contributed by atoms with Crippen LogP contribution in [0.2, 0.25) is 0 Å². The van der Waals surface area contributed by atoms with Gasteiger partial charge in [-0.25, -0.2) is 0 Å². The van der Waals surface area contributed by atoms with Gasteiger partial charge in [-0.1, -0.05) is 27.2 Å². The molecule has 2 saturated heterocycles. The van der Waals surface area contributed by atoms with Crippen LogP contribution in [0.4, 0.5) is 0 Å². The second-order valence-corrected chi connectivity index (χ2v) is 6.72. The summed E-state index contributed by atoms with van der Waals surface area (Å²) in [6, 6.07) is 1.56. The summed E-state index contributed by atoms with van der Waals surface area (Å²) in [5.74, 6) is 0. The first-order chi connectivity index (χ1) is 7.48. The Labute approximate surface area is 101 Å². The van der Waals surface area contributed by atoms with E-state index in [1.54, 1.807) is 0 Å². The Bertz CT molecular complexity index is 231. The van der Waals surface area contributed by atoms with Crippen LogP contribution in [0.25, 0.3) is 0 Å². The summed E-state index contributed by atoms with van der Waals surface area (Å²) in [5.41, 5.74) is 0.414. The van der Waals surface area contributed by atoms with Crippen molar-refractivity contribution in [1.82, 2.24) is 9.80 Å². The first-order valence-corrected chi connectivity index (χ1v) is 6.96. The van der Waals surface area contributed by atoms with Crippen LogP contribution < -0.4 is 0 Å². The van der Waals surface area contributed by atoms with E-state index in [4.69, 9.17) is 0 Å². The maximum atomic E-state index is 2.72. The summed E-state index contributed by atoms with van der Waals surface area (Å²) in [6.45, 7) is 14.7. The molecule has 0 aromatic carbocycles. The topological polar surface area (TPSA) is 6.48 Å². The number of hydrogen-bond acceptors (Lipinski definition) is 2. The lowest BCUT2D eigenvalue weighted by atomic mass is 9.85. The van der Waals surface area contributed by atoms with E-state index in [9.17, 15) is 0 Å². The highest BCUT2D eigenvalue weighted by Gasteiger charge is 2.34. The Morgan fingerprint density at radius 1 is 1.06 bits per heavy atom. The lowest BCUT2D eigenvalue weighted by molar-refractivity contribution is 0.00446. The minimum absolute atomic E-state index is 0.414. The van der Waals surface area contributed by atoms with Crippen molar-refractivity contribution in [2.45, 2.75) is 59.0 Å². The Morgan fingerprint density at radius 3 is 2.50 bits per heavy atom. The number of fused-ring (bicyclic) bond motifs is 1. The molecule has 2 nitrogen and oxygen atoms in total. The van der Waals surface area contributed by atoms with Crippen molar-refractivity contribution in [2.75, 3.05) is 26.2 Å². The van der Waals surface area contributed by atoms with Crippen molar-refractivity contribution in [1.29, 1.82) is 0 Å². The fraction of sp³-hybridized carbons (Fsp3) is 1.00. The molecule has 2 aliphatic heterocycles. The highest BCUT2D eigenvalue weighted by molar-refractivity contribution is 4.89. The molecule has 0 radical (unpaired) electrons. The van der Waals surface area contributed by atoms with Gasteiger partial charge in [-0.3, -0.25) is 9.80 Å². The van der Waals surface area contributed by atoms with E-state index in [-0.39, 0.29) is 0 Å². The molecule has 94 valence electrons. The molecule has 0 amide bonds. The second-order valence-electron chi connectivity index (χ2n) is 6.72. The van der Waals surface area contributed by atoms with Gasteiger partial charge in [-0.15, -0.1) is 0 Å². The number of nitrogens with zero attached hydrogens (tertiary/aromatic N) is 2. The van der Waals surface area contributed by atoms with Gasteiger partial charge in [0, 0.05) is 31.7 Å². The molecule has 2 unspecified atom stereocenters. The van der Waals surface area contributed by atoms with Gasteiger partial charge in [0.05, 0.1) is 0 Å². The maximum absolute atomic E-state index is 2.72. The zero-order chi connectivity index (χ0) is 11.8. The van der Waals surface area contributed by atoms with Crippen molar-refractivity contribution < 1.29 is 0 Å². The monoisotopic (exact) mass is 224 g/mol. The van der Waals surface area contributed by atoms with E-state index in [1.165, 1.54) is 45.4 Å². The first kappa shape index (κ1) is 12.4. The third-order valence-corrected chi connectivity index (χ3v) is 4.67. The zero-order valence-electron chi connectivity index (χ0n) is 11.5. The van der Waals surface area contributed by atoms with Crippen LogP contribution in [0.5, 0.6) is 0 Å². The van der Waals surface area contributed by atoms with Gasteiger partial charge < -0.3 is 0 Å².